The number of aliphatic hydroxyl groups is 1. The molecule has 4 heteroatoms. The molecule has 0 aliphatic heterocycles. The van der Waals surface area contributed by atoms with E-state index in [4.69, 9.17) is 4.42 Å². The first-order valence-corrected chi connectivity index (χ1v) is 11.4. The highest BCUT2D eigenvalue weighted by molar-refractivity contribution is 5.66. The van der Waals surface area contributed by atoms with Crippen molar-refractivity contribution in [2.24, 2.45) is 0 Å². The standard InChI is InChI=1S/C24H38N2O2/c1-2-3-4-5-6-7-8-9-10-11-12-13-14-15-16-18-21(27)24-26-23-22(28-24)19-17-20-25-23/h9-10,17,19-21,27H,2-8,11-16,18H2,1H3/b10-9-. The molecule has 1 unspecified atom stereocenters. The summed E-state index contributed by atoms with van der Waals surface area (Å²) in [5.74, 6) is 0.393. The maximum atomic E-state index is 10.2. The zero-order valence-electron chi connectivity index (χ0n) is 17.6. The first-order valence-electron chi connectivity index (χ1n) is 11.4. The van der Waals surface area contributed by atoms with Crippen molar-refractivity contribution >= 4 is 11.2 Å². The van der Waals surface area contributed by atoms with Gasteiger partial charge in [0.1, 0.15) is 6.10 Å². The number of oxazole rings is 1. The molecule has 0 aromatic carbocycles. The molecular formula is C24H38N2O2. The monoisotopic (exact) mass is 386 g/mol. The smallest absolute Gasteiger partial charge is 0.225 e. The lowest BCUT2D eigenvalue weighted by Crippen LogP contribution is -1.97. The molecule has 0 radical (unpaired) electrons. The van der Waals surface area contributed by atoms with Crippen LogP contribution in [0.3, 0.4) is 0 Å². The number of rotatable bonds is 16. The molecule has 2 aromatic rings. The van der Waals surface area contributed by atoms with E-state index in [2.05, 4.69) is 29.0 Å². The summed E-state index contributed by atoms with van der Waals surface area (Å²) in [6, 6.07) is 3.64. The summed E-state index contributed by atoms with van der Waals surface area (Å²) < 4.78 is 5.57. The quantitative estimate of drug-likeness (QED) is 0.243. The van der Waals surface area contributed by atoms with Crippen molar-refractivity contribution in [2.45, 2.75) is 103 Å². The van der Waals surface area contributed by atoms with Gasteiger partial charge in [0.05, 0.1) is 0 Å². The molecular weight excluding hydrogens is 348 g/mol. The normalized spacial score (nSPS) is 12.9. The molecule has 0 fully saturated rings. The van der Waals surface area contributed by atoms with Crippen LogP contribution in [-0.4, -0.2) is 15.1 Å². The van der Waals surface area contributed by atoms with E-state index in [1.165, 1.54) is 70.6 Å². The van der Waals surface area contributed by atoms with E-state index in [-0.39, 0.29) is 0 Å². The summed E-state index contributed by atoms with van der Waals surface area (Å²) in [7, 11) is 0. The number of unbranched alkanes of at least 4 members (excludes halogenated alkanes) is 11. The van der Waals surface area contributed by atoms with Gasteiger partial charge in [-0.05, 0) is 44.2 Å². The van der Waals surface area contributed by atoms with Crippen molar-refractivity contribution in [1.82, 2.24) is 9.97 Å². The Morgan fingerprint density at radius 2 is 1.57 bits per heavy atom. The average Bonchev–Trinajstić information content (AvgIpc) is 3.15. The van der Waals surface area contributed by atoms with Crippen molar-refractivity contribution in [3.63, 3.8) is 0 Å². The largest absolute Gasteiger partial charge is 0.436 e. The van der Waals surface area contributed by atoms with Gasteiger partial charge in [0.25, 0.3) is 0 Å². The Kier molecular flexibility index (Phi) is 11.6. The van der Waals surface area contributed by atoms with Crippen LogP contribution in [0.2, 0.25) is 0 Å². The van der Waals surface area contributed by atoms with Crippen molar-refractivity contribution in [1.29, 1.82) is 0 Å². The van der Waals surface area contributed by atoms with E-state index in [1.54, 1.807) is 6.20 Å². The Bertz CT molecular complexity index is 632. The van der Waals surface area contributed by atoms with Crippen LogP contribution in [0, 0.1) is 0 Å². The number of nitrogens with zero attached hydrogens (tertiary/aromatic N) is 2. The fourth-order valence-corrected chi connectivity index (χ4v) is 3.46. The van der Waals surface area contributed by atoms with Crippen molar-refractivity contribution < 1.29 is 9.52 Å². The third kappa shape index (κ3) is 9.01. The maximum absolute atomic E-state index is 10.2. The molecule has 0 amide bonds. The number of pyridine rings is 1. The van der Waals surface area contributed by atoms with Gasteiger partial charge in [-0.1, -0.05) is 76.9 Å². The number of allylic oxidation sites excluding steroid dienone is 2. The number of hydrogen-bond donors (Lipinski definition) is 1. The van der Waals surface area contributed by atoms with Gasteiger partial charge in [0, 0.05) is 6.20 Å². The van der Waals surface area contributed by atoms with Gasteiger partial charge >= 0.3 is 0 Å². The number of aromatic nitrogens is 2. The second-order valence-electron chi connectivity index (χ2n) is 7.77. The van der Waals surface area contributed by atoms with Crippen LogP contribution in [0.4, 0.5) is 0 Å². The molecule has 0 aliphatic rings. The first kappa shape index (κ1) is 22.6. The highest BCUT2D eigenvalue weighted by Crippen LogP contribution is 2.23. The van der Waals surface area contributed by atoms with E-state index in [0.29, 0.717) is 23.5 Å². The van der Waals surface area contributed by atoms with Crippen LogP contribution in [0.25, 0.3) is 11.2 Å². The minimum absolute atomic E-state index is 0.393. The first-order chi connectivity index (χ1) is 13.8. The number of aliphatic hydroxyl groups excluding tert-OH is 1. The van der Waals surface area contributed by atoms with Gasteiger partial charge in [-0.25, -0.2) is 4.98 Å². The Hall–Kier alpha value is -1.68. The Balaban J connectivity index is 1.41. The number of fused-ring (bicyclic) bond motifs is 1. The van der Waals surface area contributed by atoms with Crippen molar-refractivity contribution in [2.75, 3.05) is 0 Å². The van der Waals surface area contributed by atoms with E-state index < -0.39 is 6.10 Å². The lowest BCUT2D eigenvalue weighted by Gasteiger charge is -2.05. The molecule has 2 rings (SSSR count). The Morgan fingerprint density at radius 3 is 2.25 bits per heavy atom. The summed E-state index contributed by atoms with van der Waals surface area (Å²) in [5, 5.41) is 10.2. The van der Waals surface area contributed by atoms with E-state index in [1.807, 2.05) is 12.1 Å². The Labute approximate surface area is 170 Å². The van der Waals surface area contributed by atoms with Crippen LogP contribution >= 0.6 is 0 Å². The SMILES string of the molecule is CCCCCCCC/C=C\CCCCCCCC(O)c1nc2ncccc2o1. The van der Waals surface area contributed by atoms with Gasteiger partial charge in [-0.15, -0.1) is 0 Å². The second kappa shape index (κ2) is 14.3. The zero-order chi connectivity index (χ0) is 19.9. The molecule has 0 spiro atoms. The summed E-state index contributed by atoms with van der Waals surface area (Å²) in [4.78, 5) is 8.40. The third-order valence-corrected chi connectivity index (χ3v) is 5.21. The Morgan fingerprint density at radius 1 is 0.929 bits per heavy atom. The molecule has 0 bridgehead atoms. The summed E-state index contributed by atoms with van der Waals surface area (Å²) >= 11 is 0. The van der Waals surface area contributed by atoms with Gasteiger partial charge in [0.15, 0.2) is 11.2 Å². The van der Waals surface area contributed by atoms with Crippen LogP contribution in [-0.2, 0) is 0 Å². The van der Waals surface area contributed by atoms with E-state index in [9.17, 15) is 5.11 Å². The fourth-order valence-electron chi connectivity index (χ4n) is 3.46. The summed E-state index contributed by atoms with van der Waals surface area (Å²) in [6.45, 7) is 2.27. The molecule has 2 heterocycles. The molecule has 4 nitrogen and oxygen atoms in total. The second-order valence-corrected chi connectivity index (χ2v) is 7.77. The molecule has 0 saturated heterocycles. The molecule has 1 atom stereocenters. The zero-order valence-corrected chi connectivity index (χ0v) is 17.6. The van der Waals surface area contributed by atoms with E-state index in [0.717, 1.165) is 12.8 Å². The minimum Gasteiger partial charge on any atom is -0.436 e. The van der Waals surface area contributed by atoms with Gasteiger partial charge in [-0.2, -0.15) is 4.98 Å². The molecule has 2 aromatic heterocycles. The summed E-state index contributed by atoms with van der Waals surface area (Å²) in [5.41, 5.74) is 1.21. The lowest BCUT2D eigenvalue weighted by molar-refractivity contribution is 0.133. The van der Waals surface area contributed by atoms with Crippen LogP contribution in [0.1, 0.15) is 109 Å². The van der Waals surface area contributed by atoms with Gasteiger partial charge in [0.2, 0.25) is 5.89 Å². The topological polar surface area (TPSA) is 59.2 Å². The van der Waals surface area contributed by atoms with Gasteiger partial charge < -0.3 is 9.52 Å². The highest BCUT2D eigenvalue weighted by Gasteiger charge is 2.15. The van der Waals surface area contributed by atoms with Crippen LogP contribution in [0.15, 0.2) is 34.9 Å². The minimum atomic E-state index is -0.626. The molecule has 156 valence electrons. The maximum Gasteiger partial charge on any atom is 0.225 e. The van der Waals surface area contributed by atoms with Crippen molar-refractivity contribution in [3.05, 3.63) is 36.4 Å². The van der Waals surface area contributed by atoms with Gasteiger partial charge in [-0.3, -0.25) is 0 Å². The van der Waals surface area contributed by atoms with E-state index >= 15 is 0 Å². The molecule has 1 N–H and O–H groups in total. The van der Waals surface area contributed by atoms with Crippen LogP contribution < -0.4 is 0 Å². The lowest BCUT2D eigenvalue weighted by atomic mass is 10.1. The molecule has 0 saturated carbocycles. The predicted octanol–water partition coefficient (Wildman–Crippen LogP) is 7.29. The third-order valence-electron chi connectivity index (χ3n) is 5.21. The highest BCUT2D eigenvalue weighted by atomic mass is 16.4. The molecule has 28 heavy (non-hydrogen) atoms. The molecule has 0 aliphatic carbocycles. The average molecular weight is 387 g/mol. The fraction of sp³-hybridized carbons (Fsp3) is 0.667. The number of hydrogen-bond acceptors (Lipinski definition) is 4. The summed E-state index contributed by atoms with van der Waals surface area (Å²) in [6.07, 6.45) is 23.1. The van der Waals surface area contributed by atoms with Crippen molar-refractivity contribution in [3.8, 4) is 0 Å². The van der Waals surface area contributed by atoms with Crippen LogP contribution in [0.5, 0.6) is 0 Å². The predicted molar refractivity (Wildman–Crippen MR) is 116 cm³/mol.